The van der Waals surface area contributed by atoms with Gasteiger partial charge in [0.25, 0.3) is 5.91 Å². The lowest BCUT2D eigenvalue weighted by Gasteiger charge is -2.33. The van der Waals surface area contributed by atoms with E-state index in [1.54, 1.807) is 45.0 Å². The molecule has 2 aliphatic rings. The van der Waals surface area contributed by atoms with Crippen molar-refractivity contribution in [3.63, 3.8) is 0 Å². The molecule has 1 saturated heterocycles. The Bertz CT molecular complexity index is 1400. The summed E-state index contributed by atoms with van der Waals surface area (Å²) in [6.45, 7) is 6.29. The second-order valence-electron chi connectivity index (χ2n) is 11.8. The lowest BCUT2D eigenvalue weighted by Crippen LogP contribution is -2.55. The number of urea groups is 1. The van der Waals surface area contributed by atoms with Crippen molar-refractivity contribution in [1.29, 1.82) is 0 Å². The molecule has 0 aromatic heterocycles. The van der Waals surface area contributed by atoms with E-state index in [0.717, 1.165) is 17.4 Å². The van der Waals surface area contributed by atoms with E-state index in [-0.39, 0.29) is 42.9 Å². The summed E-state index contributed by atoms with van der Waals surface area (Å²) in [7, 11) is 0. The zero-order chi connectivity index (χ0) is 33.9. The minimum absolute atomic E-state index is 0.0655. The highest BCUT2D eigenvalue weighted by Crippen LogP contribution is 2.59. The van der Waals surface area contributed by atoms with Crippen LogP contribution in [0.25, 0.3) is 0 Å². The fourth-order valence-electron chi connectivity index (χ4n) is 5.99. The summed E-state index contributed by atoms with van der Waals surface area (Å²) in [6, 6.07) is 7.35. The van der Waals surface area contributed by atoms with Gasteiger partial charge in [0.1, 0.15) is 29.4 Å². The molecule has 0 spiro atoms. The van der Waals surface area contributed by atoms with E-state index >= 15 is 0 Å². The van der Waals surface area contributed by atoms with E-state index in [0.29, 0.717) is 43.6 Å². The number of rotatable bonds is 14. The Labute approximate surface area is 264 Å². The Hall–Kier alpha value is -3.64. The molecule has 0 saturated carbocycles. The number of amides is 3. The molecule has 0 radical (unpaired) electrons. The minimum Gasteiger partial charge on any atom is -0.494 e. The molecule has 2 heterocycles. The van der Waals surface area contributed by atoms with Gasteiger partial charge in [0.15, 0.2) is 0 Å². The third-order valence-corrected chi connectivity index (χ3v) is 8.48. The number of hydrogen-bond donors (Lipinski definition) is 1. The topological polar surface area (TPSA) is 77.1 Å². The van der Waals surface area contributed by atoms with Crippen molar-refractivity contribution in [1.82, 2.24) is 10.2 Å². The number of carbonyl (C=O) groups is 2. The van der Waals surface area contributed by atoms with Gasteiger partial charge in [0.05, 0.1) is 13.2 Å². The van der Waals surface area contributed by atoms with Crippen LogP contribution in [0.2, 0.25) is 0 Å². The van der Waals surface area contributed by atoms with Crippen LogP contribution in [0.1, 0.15) is 82.1 Å². The van der Waals surface area contributed by atoms with Crippen LogP contribution >= 0.6 is 0 Å². The average Bonchev–Trinajstić information content (AvgIpc) is 3.49. The second kappa shape index (κ2) is 13.6. The standard InChI is InChI=1S/C33H40F6N2O5/c1-5-10-21-19-25-27(46-20-31(25,32(34,35)36)33(37,38)39)24(11-6-2)26(21)45-18-9-8-16-41-28(42)30(4,40-29(41)43)22-12-14-23(15-13-22)44-17-7-3/h12-15,19H,5-11,16-18,20H2,1-4H3,(H,40,43). The summed E-state index contributed by atoms with van der Waals surface area (Å²) in [6.07, 6.45) is -8.40. The van der Waals surface area contributed by atoms with Crippen molar-refractivity contribution in [2.24, 2.45) is 0 Å². The molecule has 46 heavy (non-hydrogen) atoms. The third kappa shape index (κ3) is 6.33. The molecule has 0 aliphatic carbocycles. The average molecular weight is 659 g/mol. The highest BCUT2D eigenvalue weighted by atomic mass is 19.4. The molecular weight excluding hydrogens is 618 g/mol. The number of imide groups is 1. The van der Waals surface area contributed by atoms with Crippen molar-refractivity contribution >= 4 is 11.9 Å². The summed E-state index contributed by atoms with van der Waals surface area (Å²) in [5, 5.41) is 2.76. The van der Waals surface area contributed by atoms with E-state index in [9.17, 15) is 35.9 Å². The lowest BCUT2D eigenvalue weighted by molar-refractivity contribution is -0.303. The Morgan fingerprint density at radius 1 is 0.891 bits per heavy atom. The van der Waals surface area contributed by atoms with Gasteiger partial charge in [0, 0.05) is 17.7 Å². The maximum Gasteiger partial charge on any atom is 0.410 e. The summed E-state index contributed by atoms with van der Waals surface area (Å²) in [5.41, 5.74) is -5.25. The molecule has 2 aromatic carbocycles. The molecule has 1 unspecified atom stereocenters. The van der Waals surface area contributed by atoms with E-state index in [2.05, 4.69) is 5.32 Å². The molecule has 13 heteroatoms. The first-order chi connectivity index (χ1) is 21.7. The number of nitrogens with one attached hydrogen (secondary N) is 1. The van der Waals surface area contributed by atoms with Crippen molar-refractivity contribution < 1.29 is 50.1 Å². The normalized spacial score (nSPS) is 19.2. The van der Waals surface area contributed by atoms with Crippen LogP contribution in [0, 0.1) is 0 Å². The molecule has 1 atom stereocenters. The quantitative estimate of drug-likeness (QED) is 0.128. The number of alkyl halides is 6. The number of benzene rings is 2. The largest absolute Gasteiger partial charge is 0.494 e. The van der Waals surface area contributed by atoms with Gasteiger partial charge in [0.2, 0.25) is 5.41 Å². The summed E-state index contributed by atoms with van der Waals surface area (Å²) < 4.78 is 101. The van der Waals surface area contributed by atoms with Crippen molar-refractivity contribution in [3.05, 3.63) is 52.6 Å². The first-order valence-corrected chi connectivity index (χ1v) is 15.6. The number of carbonyl (C=O) groups excluding carboxylic acids is 2. The fraction of sp³-hybridized carbons (Fsp3) is 0.576. The SMILES string of the molecule is CCCOc1ccc(C2(C)NC(=O)N(CCCCOc3c(CCC)cc4c(c3CCC)OCC4(C(F)(F)F)C(F)(F)F)C2=O)cc1. The molecule has 2 aromatic rings. The van der Waals surface area contributed by atoms with Crippen LogP contribution < -0.4 is 19.5 Å². The zero-order valence-electron chi connectivity index (χ0n) is 26.4. The van der Waals surface area contributed by atoms with Crippen LogP contribution in [0.15, 0.2) is 30.3 Å². The molecule has 254 valence electrons. The molecule has 0 bridgehead atoms. The van der Waals surface area contributed by atoms with Crippen molar-refractivity contribution in [2.45, 2.75) is 95.9 Å². The van der Waals surface area contributed by atoms with Gasteiger partial charge in [-0.05, 0) is 68.4 Å². The van der Waals surface area contributed by atoms with Gasteiger partial charge in [-0.3, -0.25) is 9.69 Å². The van der Waals surface area contributed by atoms with Crippen LogP contribution in [0.5, 0.6) is 17.2 Å². The van der Waals surface area contributed by atoms with Crippen LogP contribution in [0.4, 0.5) is 31.1 Å². The summed E-state index contributed by atoms with van der Waals surface area (Å²) in [4.78, 5) is 27.2. The number of ether oxygens (including phenoxy) is 3. The highest BCUT2D eigenvalue weighted by Gasteiger charge is 2.75. The van der Waals surface area contributed by atoms with Gasteiger partial charge in [-0.1, -0.05) is 45.7 Å². The van der Waals surface area contributed by atoms with E-state index in [1.807, 2.05) is 6.92 Å². The second-order valence-corrected chi connectivity index (χ2v) is 11.8. The predicted molar refractivity (Wildman–Crippen MR) is 158 cm³/mol. The number of unbranched alkanes of at least 4 members (excludes halogenated alkanes) is 1. The molecular formula is C33H40F6N2O5. The minimum atomic E-state index is -5.62. The van der Waals surface area contributed by atoms with Crippen LogP contribution in [0.3, 0.4) is 0 Å². The monoisotopic (exact) mass is 658 g/mol. The van der Waals surface area contributed by atoms with E-state index < -0.39 is 53.2 Å². The maximum absolute atomic E-state index is 14.1. The molecule has 1 N–H and O–H groups in total. The summed E-state index contributed by atoms with van der Waals surface area (Å²) >= 11 is 0. The Balaban J connectivity index is 1.47. The van der Waals surface area contributed by atoms with Crippen molar-refractivity contribution in [3.8, 4) is 17.2 Å². The van der Waals surface area contributed by atoms with Gasteiger partial charge in [-0.2, -0.15) is 26.3 Å². The molecule has 2 aliphatic heterocycles. The lowest BCUT2D eigenvalue weighted by atomic mass is 9.78. The van der Waals surface area contributed by atoms with Gasteiger partial charge >= 0.3 is 18.4 Å². The van der Waals surface area contributed by atoms with Crippen molar-refractivity contribution in [2.75, 3.05) is 26.4 Å². The predicted octanol–water partition coefficient (Wildman–Crippen LogP) is 7.76. The van der Waals surface area contributed by atoms with Gasteiger partial charge in [-0.25, -0.2) is 4.79 Å². The van der Waals surface area contributed by atoms with Crippen LogP contribution in [-0.4, -0.2) is 55.6 Å². The van der Waals surface area contributed by atoms with Crippen LogP contribution in [-0.2, 0) is 28.6 Å². The fourth-order valence-corrected chi connectivity index (χ4v) is 5.99. The number of nitrogens with zero attached hydrogens (tertiary/aromatic N) is 1. The number of hydrogen-bond acceptors (Lipinski definition) is 5. The Morgan fingerprint density at radius 2 is 1.54 bits per heavy atom. The molecule has 4 rings (SSSR count). The third-order valence-electron chi connectivity index (χ3n) is 8.48. The number of halogens is 6. The maximum atomic E-state index is 14.1. The van der Waals surface area contributed by atoms with Gasteiger partial charge < -0.3 is 19.5 Å². The van der Waals surface area contributed by atoms with E-state index in [4.69, 9.17) is 14.2 Å². The molecule has 7 nitrogen and oxygen atoms in total. The highest BCUT2D eigenvalue weighted by molar-refractivity contribution is 6.07. The number of fused-ring (bicyclic) bond motifs is 1. The van der Waals surface area contributed by atoms with E-state index in [1.165, 1.54) is 0 Å². The first kappa shape index (κ1) is 35.2. The molecule has 3 amide bonds. The first-order valence-electron chi connectivity index (χ1n) is 15.6. The molecule has 1 fully saturated rings. The Kier molecular flexibility index (Phi) is 10.4. The van der Waals surface area contributed by atoms with Gasteiger partial charge in [-0.15, -0.1) is 0 Å². The zero-order valence-corrected chi connectivity index (χ0v) is 26.4. The number of aryl methyl sites for hydroxylation is 1. The smallest absolute Gasteiger partial charge is 0.410 e. The Morgan fingerprint density at radius 3 is 2.13 bits per heavy atom. The summed E-state index contributed by atoms with van der Waals surface area (Å²) in [5.74, 6) is 0.0538.